The van der Waals surface area contributed by atoms with Crippen molar-refractivity contribution in [1.29, 1.82) is 0 Å². The zero-order valence-corrected chi connectivity index (χ0v) is 12.9. The molecule has 0 aliphatic carbocycles. The van der Waals surface area contributed by atoms with Gasteiger partial charge in [-0.05, 0) is 48.4 Å². The molecule has 0 amide bonds. The van der Waals surface area contributed by atoms with Gasteiger partial charge in [-0.2, -0.15) is 0 Å². The molecule has 0 saturated carbocycles. The van der Waals surface area contributed by atoms with Crippen molar-refractivity contribution >= 4 is 0 Å². The predicted molar refractivity (Wildman–Crippen MR) is 81.3 cm³/mol. The number of hydrogen-bond donors (Lipinski definition) is 1. The van der Waals surface area contributed by atoms with E-state index in [4.69, 9.17) is 0 Å². The van der Waals surface area contributed by atoms with Crippen molar-refractivity contribution in [3.8, 4) is 0 Å². The molecule has 102 valence electrons. The average molecular weight is 247 g/mol. The van der Waals surface area contributed by atoms with Crippen LogP contribution in [-0.4, -0.2) is 12.6 Å². The second kappa shape index (κ2) is 6.38. The van der Waals surface area contributed by atoms with Gasteiger partial charge in [0, 0.05) is 6.04 Å². The summed E-state index contributed by atoms with van der Waals surface area (Å²) in [5, 5.41) is 3.47. The van der Waals surface area contributed by atoms with Crippen LogP contribution >= 0.6 is 0 Å². The molecule has 1 heteroatoms. The molecule has 0 heterocycles. The third kappa shape index (κ3) is 4.81. The monoisotopic (exact) mass is 247 g/mol. The van der Waals surface area contributed by atoms with Gasteiger partial charge in [-0.25, -0.2) is 0 Å². The van der Waals surface area contributed by atoms with Crippen LogP contribution < -0.4 is 5.32 Å². The molecule has 0 unspecified atom stereocenters. The fourth-order valence-electron chi connectivity index (χ4n) is 2.11. The number of benzene rings is 1. The molecule has 1 aromatic carbocycles. The maximum Gasteiger partial charge on any atom is 0.00103 e. The summed E-state index contributed by atoms with van der Waals surface area (Å²) < 4.78 is 0. The first-order valence-corrected chi connectivity index (χ1v) is 7.14. The molecule has 0 fully saturated rings. The molecule has 0 bridgehead atoms. The second-order valence-corrected chi connectivity index (χ2v) is 6.60. The zero-order valence-electron chi connectivity index (χ0n) is 12.9. The Hall–Kier alpha value is -0.820. The van der Waals surface area contributed by atoms with Gasteiger partial charge >= 0.3 is 0 Å². The van der Waals surface area contributed by atoms with Crippen LogP contribution in [0.15, 0.2) is 18.2 Å². The van der Waals surface area contributed by atoms with E-state index in [9.17, 15) is 0 Å². The minimum absolute atomic E-state index is 0.252. The summed E-state index contributed by atoms with van der Waals surface area (Å²) in [4.78, 5) is 0. The lowest BCUT2D eigenvalue weighted by atomic mass is 9.85. The highest BCUT2D eigenvalue weighted by molar-refractivity contribution is 5.34. The van der Waals surface area contributed by atoms with Crippen molar-refractivity contribution in [1.82, 2.24) is 5.32 Å². The molecule has 0 aliphatic heterocycles. The van der Waals surface area contributed by atoms with E-state index in [-0.39, 0.29) is 5.41 Å². The summed E-state index contributed by atoms with van der Waals surface area (Å²) in [6.07, 6.45) is 2.39. The molecule has 0 atom stereocenters. The van der Waals surface area contributed by atoms with E-state index >= 15 is 0 Å². The van der Waals surface area contributed by atoms with Crippen molar-refractivity contribution in [3.63, 3.8) is 0 Å². The van der Waals surface area contributed by atoms with Gasteiger partial charge in [0.2, 0.25) is 0 Å². The molecule has 0 aliphatic rings. The summed E-state index contributed by atoms with van der Waals surface area (Å²) in [7, 11) is 0. The molecule has 1 aromatic rings. The van der Waals surface area contributed by atoms with E-state index in [1.165, 1.54) is 29.5 Å². The largest absolute Gasteiger partial charge is 0.315 e. The van der Waals surface area contributed by atoms with Crippen LogP contribution in [0.4, 0.5) is 0 Å². The van der Waals surface area contributed by atoms with Crippen LogP contribution in [0.25, 0.3) is 0 Å². The van der Waals surface area contributed by atoms with Gasteiger partial charge in [-0.1, -0.05) is 52.8 Å². The Morgan fingerprint density at radius 2 is 1.83 bits per heavy atom. The van der Waals surface area contributed by atoms with Gasteiger partial charge in [0.05, 0.1) is 0 Å². The quantitative estimate of drug-likeness (QED) is 0.768. The Morgan fingerprint density at radius 3 is 2.33 bits per heavy atom. The minimum Gasteiger partial charge on any atom is -0.315 e. The van der Waals surface area contributed by atoms with Crippen LogP contribution in [0.5, 0.6) is 0 Å². The van der Waals surface area contributed by atoms with Crippen molar-refractivity contribution in [3.05, 3.63) is 34.9 Å². The fraction of sp³-hybridized carbons (Fsp3) is 0.647. The van der Waals surface area contributed by atoms with Crippen molar-refractivity contribution in [2.75, 3.05) is 6.54 Å². The topological polar surface area (TPSA) is 12.0 Å². The van der Waals surface area contributed by atoms with Crippen LogP contribution in [0.1, 0.15) is 57.7 Å². The molecule has 0 radical (unpaired) electrons. The predicted octanol–water partition coefficient (Wildman–Crippen LogP) is 4.22. The Morgan fingerprint density at radius 1 is 1.17 bits per heavy atom. The standard InChI is InChI=1S/C17H29N/c1-13(2)18-11-7-8-15-9-10-16(12-14(15)3)17(4,5)6/h9-10,12-13,18H,7-8,11H2,1-6H3. The summed E-state index contributed by atoms with van der Waals surface area (Å²) >= 11 is 0. The van der Waals surface area contributed by atoms with E-state index in [1.807, 2.05) is 0 Å². The fourth-order valence-corrected chi connectivity index (χ4v) is 2.11. The lowest BCUT2D eigenvalue weighted by Crippen LogP contribution is -2.24. The Bertz CT molecular complexity index is 372. The molecule has 18 heavy (non-hydrogen) atoms. The molecule has 0 aromatic heterocycles. The van der Waals surface area contributed by atoms with Crippen molar-refractivity contribution in [2.24, 2.45) is 0 Å². The van der Waals surface area contributed by atoms with Gasteiger partial charge in [0.25, 0.3) is 0 Å². The lowest BCUT2D eigenvalue weighted by molar-refractivity contribution is 0.569. The number of nitrogens with one attached hydrogen (secondary N) is 1. The third-order valence-electron chi connectivity index (χ3n) is 3.38. The zero-order chi connectivity index (χ0) is 13.8. The van der Waals surface area contributed by atoms with Crippen LogP contribution in [-0.2, 0) is 11.8 Å². The lowest BCUT2D eigenvalue weighted by Gasteiger charge is -2.20. The van der Waals surface area contributed by atoms with Crippen molar-refractivity contribution < 1.29 is 0 Å². The summed E-state index contributed by atoms with van der Waals surface area (Å²) in [6, 6.07) is 7.55. The molecule has 1 nitrogen and oxygen atoms in total. The number of aryl methyl sites for hydroxylation is 2. The Labute approximate surface area is 113 Å². The first-order valence-electron chi connectivity index (χ1n) is 7.14. The highest BCUT2D eigenvalue weighted by Gasteiger charge is 2.14. The van der Waals surface area contributed by atoms with Crippen LogP contribution in [0, 0.1) is 6.92 Å². The maximum absolute atomic E-state index is 3.47. The van der Waals surface area contributed by atoms with Gasteiger partial charge < -0.3 is 5.32 Å². The van der Waals surface area contributed by atoms with E-state index in [2.05, 4.69) is 65.1 Å². The Kier molecular flexibility index (Phi) is 5.40. The molecular weight excluding hydrogens is 218 g/mol. The third-order valence-corrected chi connectivity index (χ3v) is 3.38. The number of hydrogen-bond acceptors (Lipinski definition) is 1. The van der Waals surface area contributed by atoms with E-state index < -0.39 is 0 Å². The van der Waals surface area contributed by atoms with Gasteiger partial charge in [-0.15, -0.1) is 0 Å². The molecular formula is C17H29N. The summed E-state index contributed by atoms with van der Waals surface area (Å²) in [5.41, 5.74) is 4.62. The smallest absolute Gasteiger partial charge is 0.00103 e. The van der Waals surface area contributed by atoms with Gasteiger partial charge in [0.1, 0.15) is 0 Å². The highest BCUT2D eigenvalue weighted by Crippen LogP contribution is 2.24. The average Bonchev–Trinajstić information content (AvgIpc) is 2.24. The Balaban J connectivity index is 2.58. The van der Waals surface area contributed by atoms with E-state index in [0.29, 0.717) is 6.04 Å². The van der Waals surface area contributed by atoms with Gasteiger partial charge in [0.15, 0.2) is 0 Å². The minimum atomic E-state index is 0.252. The summed E-state index contributed by atoms with van der Waals surface area (Å²) in [6.45, 7) is 14.6. The molecule has 0 spiro atoms. The first-order chi connectivity index (χ1) is 8.30. The van der Waals surface area contributed by atoms with Gasteiger partial charge in [-0.3, -0.25) is 0 Å². The molecule has 1 rings (SSSR count). The molecule has 1 N–H and O–H groups in total. The van der Waals surface area contributed by atoms with E-state index in [1.54, 1.807) is 0 Å². The highest BCUT2D eigenvalue weighted by atomic mass is 14.9. The second-order valence-electron chi connectivity index (χ2n) is 6.60. The van der Waals surface area contributed by atoms with Crippen LogP contribution in [0.3, 0.4) is 0 Å². The maximum atomic E-state index is 3.47. The number of rotatable bonds is 5. The normalized spacial score (nSPS) is 12.2. The van der Waals surface area contributed by atoms with Crippen molar-refractivity contribution in [2.45, 2.75) is 65.8 Å². The van der Waals surface area contributed by atoms with Crippen LogP contribution in [0.2, 0.25) is 0 Å². The van der Waals surface area contributed by atoms with E-state index in [0.717, 1.165) is 6.54 Å². The SMILES string of the molecule is Cc1cc(C(C)(C)C)ccc1CCCNC(C)C. The first kappa shape index (κ1) is 15.2. The summed E-state index contributed by atoms with van der Waals surface area (Å²) in [5.74, 6) is 0. The molecule has 0 saturated heterocycles.